The summed E-state index contributed by atoms with van der Waals surface area (Å²) in [4.78, 5) is 16.4. The van der Waals surface area contributed by atoms with E-state index in [4.69, 9.17) is 5.11 Å². The molecule has 0 bridgehead atoms. The molecule has 2 aromatic rings. The molecular weight excluding hydrogens is 312 g/mol. The zero-order chi connectivity index (χ0) is 19.4. The molecule has 1 N–H and O–H groups in total. The summed E-state index contributed by atoms with van der Waals surface area (Å²) < 4.78 is 0. The van der Waals surface area contributed by atoms with Crippen molar-refractivity contribution in [3.63, 3.8) is 0 Å². The maximum atomic E-state index is 10.2. The summed E-state index contributed by atoms with van der Waals surface area (Å²) in [6.07, 6.45) is 0. The van der Waals surface area contributed by atoms with Gasteiger partial charge in [0.25, 0.3) is 0 Å². The smallest absolute Gasteiger partial charge is 0.335 e. The van der Waals surface area contributed by atoms with E-state index in [9.17, 15) is 4.79 Å². The highest BCUT2D eigenvalue weighted by atomic mass is 16.4. The van der Waals surface area contributed by atoms with Crippen molar-refractivity contribution < 1.29 is 9.90 Å². The first-order valence-electron chi connectivity index (χ1n) is 8.45. The number of hydrogen-bond donors (Lipinski definition) is 1. The number of hydrogen-bond acceptors (Lipinski definition) is 3. The van der Waals surface area contributed by atoms with Gasteiger partial charge in [-0.1, -0.05) is 38.1 Å². The highest BCUT2D eigenvalue weighted by molar-refractivity contribution is 5.87. The number of rotatable bonds is 4. The van der Waals surface area contributed by atoms with Crippen molar-refractivity contribution in [2.75, 3.05) is 11.9 Å². The molecule has 25 heavy (non-hydrogen) atoms. The first kappa shape index (κ1) is 22.4. The van der Waals surface area contributed by atoms with Gasteiger partial charge in [0.15, 0.2) is 0 Å². The van der Waals surface area contributed by atoms with Gasteiger partial charge in [0, 0.05) is 13.1 Å². The van der Waals surface area contributed by atoms with Gasteiger partial charge < -0.3 is 10.0 Å². The predicted molar refractivity (Wildman–Crippen MR) is 109 cm³/mol. The van der Waals surface area contributed by atoms with Crippen molar-refractivity contribution in [3.8, 4) is 0 Å². The second kappa shape index (κ2) is 11.8. The molecule has 4 nitrogen and oxygen atoms in total. The molecule has 0 aliphatic carbocycles. The lowest BCUT2D eigenvalue weighted by atomic mass is 10.1. The van der Waals surface area contributed by atoms with Gasteiger partial charge >= 0.3 is 5.97 Å². The Balaban J connectivity index is 0.000000451. The molecular formula is C21H30N2O2. The Labute approximate surface area is 151 Å². The molecule has 0 amide bonds. The lowest BCUT2D eigenvalue weighted by Crippen LogP contribution is -2.25. The fourth-order valence-electron chi connectivity index (χ4n) is 1.92. The quantitative estimate of drug-likeness (QED) is 0.738. The number of aromatic carboxylic acids is 1. The van der Waals surface area contributed by atoms with Crippen molar-refractivity contribution in [3.05, 3.63) is 59.7 Å². The lowest BCUT2D eigenvalue weighted by molar-refractivity contribution is 0.0697. The number of carbonyl (C=O) groups is 1. The van der Waals surface area contributed by atoms with E-state index >= 15 is 0 Å². The zero-order valence-electron chi connectivity index (χ0n) is 16.2. The van der Waals surface area contributed by atoms with E-state index in [-0.39, 0.29) is 0 Å². The normalized spacial score (nSPS) is 9.24. The fraction of sp³-hybridized carbons (Fsp3) is 0.333. The highest BCUT2D eigenvalue weighted by Crippen LogP contribution is 2.29. The summed E-state index contributed by atoms with van der Waals surface area (Å²) in [7, 11) is 2.07. The van der Waals surface area contributed by atoms with Crippen molar-refractivity contribution >= 4 is 24.1 Å². The first-order chi connectivity index (χ1) is 11.9. The zero-order valence-corrected chi connectivity index (χ0v) is 16.2. The van der Waals surface area contributed by atoms with Crippen LogP contribution in [0.2, 0.25) is 0 Å². The molecule has 0 aliphatic rings. The molecule has 0 radical (unpaired) electrons. The Morgan fingerprint density at radius 2 is 1.68 bits per heavy atom. The van der Waals surface area contributed by atoms with Gasteiger partial charge in [-0.05, 0) is 57.3 Å². The largest absolute Gasteiger partial charge is 0.478 e. The van der Waals surface area contributed by atoms with Gasteiger partial charge in [-0.2, -0.15) is 0 Å². The van der Waals surface area contributed by atoms with E-state index in [0.29, 0.717) is 11.6 Å². The van der Waals surface area contributed by atoms with Crippen LogP contribution in [0.4, 0.5) is 11.4 Å². The predicted octanol–water partition coefficient (Wildman–Crippen LogP) is 5.58. The minimum atomic E-state index is -0.879. The minimum absolute atomic E-state index is 0.331. The Bertz CT molecular complexity index is 652. The molecule has 2 rings (SSSR count). The van der Waals surface area contributed by atoms with E-state index in [2.05, 4.69) is 62.6 Å². The molecule has 0 fully saturated rings. The van der Waals surface area contributed by atoms with Crippen LogP contribution in [0.1, 0.15) is 43.6 Å². The van der Waals surface area contributed by atoms with Crippen LogP contribution in [0.3, 0.4) is 0 Å². The molecule has 4 heteroatoms. The van der Waals surface area contributed by atoms with Crippen molar-refractivity contribution in [1.29, 1.82) is 0 Å². The third-order valence-electron chi connectivity index (χ3n) is 3.48. The summed E-state index contributed by atoms with van der Waals surface area (Å²) in [6.45, 7) is 14.0. The van der Waals surface area contributed by atoms with Gasteiger partial charge in [-0.3, -0.25) is 4.99 Å². The van der Waals surface area contributed by atoms with Gasteiger partial charge in [-0.25, -0.2) is 4.79 Å². The van der Waals surface area contributed by atoms with Crippen LogP contribution in [0.5, 0.6) is 0 Å². The van der Waals surface area contributed by atoms with Gasteiger partial charge in [0.2, 0.25) is 0 Å². The van der Waals surface area contributed by atoms with Crippen molar-refractivity contribution in [1.82, 2.24) is 0 Å². The van der Waals surface area contributed by atoms with E-state index in [1.165, 1.54) is 5.56 Å². The summed E-state index contributed by atoms with van der Waals surface area (Å²) in [6, 6.07) is 15.0. The number of aliphatic imine (C=N–C) groups is 1. The third-order valence-corrected chi connectivity index (χ3v) is 3.48. The van der Waals surface area contributed by atoms with Gasteiger partial charge in [0.05, 0.1) is 16.9 Å². The van der Waals surface area contributed by atoms with Crippen LogP contribution in [0.15, 0.2) is 53.5 Å². The van der Waals surface area contributed by atoms with Crippen molar-refractivity contribution in [2.24, 2.45) is 4.99 Å². The molecule has 0 aliphatic heterocycles. The topological polar surface area (TPSA) is 52.9 Å². The van der Waals surface area contributed by atoms with Gasteiger partial charge in [0.1, 0.15) is 0 Å². The maximum absolute atomic E-state index is 10.2. The summed E-state index contributed by atoms with van der Waals surface area (Å²) in [5, 5.41) is 8.38. The standard InChI is InChI=1S/C12H18N2.C7H6O2.C2H6/c1-9(2)14(5)12-7-6-10(3)8-11(12)13-4;8-7(9)6-4-2-1-3-5-6;1-2/h6-9H,4H2,1-3,5H3;1-5H,(H,8,9);1-2H3. The second-order valence-electron chi connectivity index (χ2n) is 5.53. The lowest BCUT2D eigenvalue weighted by Gasteiger charge is -2.25. The van der Waals surface area contributed by atoms with Crippen molar-refractivity contribution in [2.45, 2.75) is 40.7 Å². The van der Waals surface area contributed by atoms with E-state index in [0.717, 1.165) is 11.4 Å². The monoisotopic (exact) mass is 342 g/mol. The second-order valence-corrected chi connectivity index (χ2v) is 5.53. The molecule has 2 aromatic carbocycles. The fourth-order valence-corrected chi connectivity index (χ4v) is 1.92. The van der Waals surface area contributed by atoms with Crippen LogP contribution in [0.25, 0.3) is 0 Å². The summed E-state index contributed by atoms with van der Waals surface area (Å²) in [5.41, 5.74) is 3.65. The van der Waals surface area contributed by atoms with E-state index < -0.39 is 5.97 Å². The molecule has 0 aromatic heterocycles. The SMILES string of the molecule is C=Nc1cc(C)ccc1N(C)C(C)C.CC.O=C(O)c1ccccc1. The number of benzene rings is 2. The summed E-state index contributed by atoms with van der Waals surface area (Å²) in [5.74, 6) is -0.879. The molecule has 0 unspecified atom stereocenters. The average molecular weight is 342 g/mol. The minimum Gasteiger partial charge on any atom is -0.478 e. The number of aryl methyl sites for hydroxylation is 1. The Kier molecular flexibility index (Phi) is 10.6. The highest BCUT2D eigenvalue weighted by Gasteiger charge is 2.08. The molecule has 0 spiro atoms. The maximum Gasteiger partial charge on any atom is 0.335 e. The Morgan fingerprint density at radius 3 is 2.08 bits per heavy atom. The first-order valence-corrected chi connectivity index (χ1v) is 8.45. The molecule has 0 saturated heterocycles. The Hall–Kier alpha value is -2.62. The molecule has 0 saturated carbocycles. The number of carboxylic acid groups (broad SMARTS) is 1. The van der Waals surface area contributed by atoms with Crippen LogP contribution in [0, 0.1) is 6.92 Å². The molecule has 136 valence electrons. The van der Waals surface area contributed by atoms with Crippen LogP contribution in [-0.4, -0.2) is 30.9 Å². The van der Waals surface area contributed by atoms with Crippen LogP contribution < -0.4 is 4.90 Å². The van der Waals surface area contributed by atoms with E-state index in [1.807, 2.05) is 13.8 Å². The summed E-state index contributed by atoms with van der Waals surface area (Å²) >= 11 is 0. The third kappa shape index (κ3) is 7.66. The average Bonchev–Trinajstić information content (AvgIpc) is 2.63. The van der Waals surface area contributed by atoms with E-state index in [1.54, 1.807) is 30.3 Å². The van der Waals surface area contributed by atoms with Gasteiger partial charge in [-0.15, -0.1) is 0 Å². The molecule has 0 heterocycles. The number of carboxylic acids is 1. The van der Waals surface area contributed by atoms with Crippen LogP contribution >= 0.6 is 0 Å². The number of nitrogens with zero attached hydrogens (tertiary/aromatic N) is 2. The number of anilines is 1. The molecule has 0 atom stereocenters. The Morgan fingerprint density at radius 1 is 1.12 bits per heavy atom. The van der Waals surface area contributed by atoms with Crippen LogP contribution in [-0.2, 0) is 0 Å².